The average Bonchev–Trinajstić information content (AvgIpc) is 2.91. The molecule has 2 amide bonds. The quantitative estimate of drug-likeness (QED) is 0.129. The second-order valence-electron chi connectivity index (χ2n) is 9.96. The van der Waals surface area contributed by atoms with Crippen molar-refractivity contribution in [2.75, 3.05) is 19.0 Å². The van der Waals surface area contributed by atoms with E-state index in [2.05, 4.69) is 16.0 Å². The van der Waals surface area contributed by atoms with Gasteiger partial charge >= 0.3 is 5.97 Å². The summed E-state index contributed by atoms with van der Waals surface area (Å²) in [6, 6.07) is 19.3. The van der Waals surface area contributed by atoms with E-state index >= 15 is 0 Å². The number of carbonyl (C=O) groups is 3. The number of benzene rings is 3. The van der Waals surface area contributed by atoms with Crippen molar-refractivity contribution >= 4 is 24.0 Å². The van der Waals surface area contributed by atoms with E-state index in [-0.39, 0.29) is 35.8 Å². The molecule has 3 aromatic carbocycles. The van der Waals surface area contributed by atoms with Crippen molar-refractivity contribution in [3.8, 4) is 5.75 Å². The third-order valence-corrected chi connectivity index (χ3v) is 6.26. The number of ether oxygens (including phenoxy) is 1. The van der Waals surface area contributed by atoms with E-state index in [0.29, 0.717) is 30.5 Å². The van der Waals surface area contributed by atoms with Crippen LogP contribution >= 0.6 is 0 Å². The van der Waals surface area contributed by atoms with Crippen LogP contribution in [-0.2, 0) is 33.7 Å². The molecule has 9 nitrogen and oxygen atoms in total. The fourth-order valence-corrected chi connectivity index (χ4v) is 4.18. The first-order chi connectivity index (χ1) is 18.6. The largest absolute Gasteiger partial charge is 0.506 e. The number of aliphatic hydroxyl groups is 1. The van der Waals surface area contributed by atoms with Gasteiger partial charge < -0.3 is 30.9 Å². The van der Waals surface area contributed by atoms with E-state index in [4.69, 9.17) is 4.74 Å². The number of nitrogens with one attached hydrogen (secondary N) is 3. The molecule has 0 saturated carbocycles. The highest BCUT2D eigenvalue weighted by atomic mass is 16.5. The Morgan fingerprint density at radius 2 is 1.72 bits per heavy atom. The molecule has 39 heavy (non-hydrogen) atoms. The molecule has 0 aliphatic rings. The Balaban J connectivity index is 1.51. The van der Waals surface area contributed by atoms with Crippen LogP contribution in [0.5, 0.6) is 5.75 Å². The molecule has 9 heteroatoms. The van der Waals surface area contributed by atoms with Crippen LogP contribution in [0.15, 0.2) is 66.7 Å². The molecule has 206 valence electrons. The van der Waals surface area contributed by atoms with E-state index in [1.165, 1.54) is 19.2 Å². The minimum atomic E-state index is -0.844. The Morgan fingerprint density at radius 3 is 2.41 bits per heavy atom. The van der Waals surface area contributed by atoms with Gasteiger partial charge in [0.2, 0.25) is 12.3 Å². The summed E-state index contributed by atoms with van der Waals surface area (Å²) in [5.74, 6) is -0.587. The number of aromatic hydroxyl groups is 1. The van der Waals surface area contributed by atoms with Gasteiger partial charge in [0.25, 0.3) is 0 Å². The van der Waals surface area contributed by atoms with Crippen LogP contribution in [0.1, 0.15) is 52.6 Å². The lowest BCUT2D eigenvalue weighted by Crippen LogP contribution is -2.43. The number of phenols is 1. The minimum absolute atomic E-state index is 0.0748. The fraction of sp³-hybridized carbons (Fsp3) is 0.300. The molecule has 0 radical (unpaired) electrons. The van der Waals surface area contributed by atoms with Gasteiger partial charge in [-0.25, -0.2) is 4.79 Å². The molecule has 0 heterocycles. The molecule has 0 saturated heterocycles. The van der Waals surface area contributed by atoms with Crippen molar-refractivity contribution in [2.45, 2.75) is 44.9 Å². The second kappa shape index (κ2) is 13.5. The summed E-state index contributed by atoms with van der Waals surface area (Å²) in [7, 11) is 1.33. The molecule has 3 rings (SSSR count). The molecule has 5 N–H and O–H groups in total. The normalized spacial score (nSPS) is 11.9. The molecule has 0 spiro atoms. The summed E-state index contributed by atoms with van der Waals surface area (Å²) < 4.78 is 4.69. The molecular formula is C30H35N3O6. The number of hydrogen-bond donors (Lipinski definition) is 5. The summed E-state index contributed by atoms with van der Waals surface area (Å²) >= 11 is 0. The summed E-state index contributed by atoms with van der Waals surface area (Å²) in [6.07, 6.45) is 0.522. The van der Waals surface area contributed by atoms with Gasteiger partial charge in [0.1, 0.15) is 5.75 Å². The summed E-state index contributed by atoms with van der Waals surface area (Å²) in [6.45, 7) is 4.68. The molecule has 0 bridgehead atoms. The van der Waals surface area contributed by atoms with Gasteiger partial charge in [0.05, 0.1) is 30.9 Å². The lowest BCUT2D eigenvalue weighted by atomic mass is 9.93. The molecule has 3 aromatic rings. The maximum absolute atomic E-state index is 12.5. The Bertz CT molecular complexity index is 1290. The molecule has 0 fully saturated rings. The van der Waals surface area contributed by atoms with Gasteiger partial charge in [-0.1, -0.05) is 42.5 Å². The predicted octanol–water partition coefficient (Wildman–Crippen LogP) is 3.25. The smallest absolute Gasteiger partial charge is 0.337 e. The number of aliphatic hydroxyl groups excluding tert-OH is 1. The highest BCUT2D eigenvalue weighted by Crippen LogP contribution is 2.27. The van der Waals surface area contributed by atoms with Crippen LogP contribution in [0, 0.1) is 0 Å². The third kappa shape index (κ3) is 8.94. The summed E-state index contributed by atoms with van der Waals surface area (Å²) in [5.41, 5.74) is 3.71. The number of anilines is 1. The average molecular weight is 534 g/mol. The monoisotopic (exact) mass is 533 g/mol. The maximum Gasteiger partial charge on any atom is 0.337 e. The van der Waals surface area contributed by atoms with Crippen molar-refractivity contribution in [2.24, 2.45) is 0 Å². The Kier molecular flexibility index (Phi) is 10.2. The van der Waals surface area contributed by atoms with Gasteiger partial charge in [-0.3, -0.25) is 9.59 Å². The number of carbonyl (C=O) groups excluding carboxylic acids is 3. The van der Waals surface area contributed by atoms with E-state index in [0.717, 1.165) is 16.7 Å². The van der Waals surface area contributed by atoms with Crippen LogP contribution in [0.25, 0.3) is 0 Å². The lowest BCUT2D eigenvalue weighted by molar-refractivity contribution is -0.120. The zero-order chi connectivity index (χ0) is 28.4. The Hall–Kier alpha value is -4.21. The molecule has 0 aliphatic carbocycles. The van der Waals surface area contributed by atoms with Gasteiger partial charge in [-0.2, -0.15) is 0 Å². The van der Waals surface area contributed by atoms with E-state index in [9.17, 15) is 24.6 Å². The van der Waals surface area contributed by atoms with Crippen LogP contribution in [0.4, 0.5) is 5.69 Å². The van der Waals surface area contributed by atoms with E-state index in [1.54, 1.807) is 30.3 Å². The van der Waals surface area contributed by atoms with Crippen molar-refractivity contribution in [1.82, 2.24) is 10.6 Å². The number of methoxy groups -OCH3 is 1. The van der Waals surface area contributed by atoms with Crippen molar-refractivity contribution in [3.63, 3.8) is 0 Å². The first-order valence-electron chi connectivity index (χ1n) is 12.6. The van der Waals surface area contributed by atoms with Crippen LogP contribution in [0.2, 0.25) is 0 Å². The highest BCUT2D eigenvalue weighted by Gasteiger charge is 2.21. The van der Waals surface area contributed by atoms with E-state index in [1.807, 2.05) is 38.1 Å². The zero-order valence-electron chi connectivity index (χ0n) is 22.4. The van der Waals surface area contributed by atoms with Crippen molar-refractivity contribution in [3.05, 3.63) is 94.5 Å². The molecular weight excluding hydrogens is 498 g/mol. The van der Waals surface area contributed by atoms with Crippen molar-refractivity contribution in [1.29, 1.82) is 0 Å². The van der Waals surface area contributed by atoms with Gasteiger partial charge in [-0.15, -0.1) is 0 Å². The number of phenolic OH excluding ortho intramolecular Hbond substituents is 1. The van der Waals surface area contributed by atoms with Gasteiger partial charge in [-0.05, 0) is 66.8 Å². The van der Waals surface area contributed by atoms with Crippen LogP contribution in [-0.4, -0.2) is 47.7 Å². The van der Waals surface area contributed by atoms with E-state index < -0.39 is 12.1 Å². The first-order valence-corrected chi connectivity index (χ1v) is 12.6. The van der Waals surface area contributed by atoms with Gasteiger partial charge in [0.15, 0.2) is 0 Å². The minimum Gasteiger partial charge on any atom is -0.506 e. The lowest BCUT2D eigenvalue weighted by Gasteiger charge is -2.28. The number of amides is 2. The molecule has 0 aromatic heterocycles. The topological polar surface area (TPSA) is 137 Å². The maximum atomic E-state index is 12.5. The highest BCUT2D eigenvalue weighted by molar-refractivity contribution is 5.89. The van der Waals surface area contributed by atoms with Gasteiger partial charge in [0, 0.05) is 18.6 Å². The Morgan fingerprint density at radius 1 is 1.00 bits per heavy atom. The zero-order valence-corrected chi connectivity index (χ0v) is 22.4. The predicted molar refractivity (Wildman–Crippen MR) is 148 cm³/mol. The number of β-amino-alcohol motifs (C(OH)–C–C–N with tert-alkyl or cyclic N) is 1. The van der Waals surface area contributed by atoms with Crippen LogP contribution < -0.4 is 16.0 Å². The molecule has 1 atom stereocenters. The number of hydrogen-bond acceptors (Lipinski definition) is 7. The fourth-order valence-electron chi connectivity index (χ4n) is 4.18. The van der Waals surface area contributed by atoms with Crippen LogP contribution in [0.3, 0.4) is 0 Å². The van der Waals surface area contributed by atoms with Crippen molar-refractivity contribution < 1.29 is 29.3 Å². The molecule has 0 aliphatic heterocycles. The molecule has 0 unspecified atom stereocenters. The summed E-state index contributed by atoms with van der Waals surface area (Å²) in [4.78, 5) is 34.8. The SMILES string of the molecule is COC(=O)c1ccc(CNC(=O)Cc2cccc(CC(C)(C)NC[C@H](O)c3ccc(O)c(NC=O)c3)c2)cc1. The number of rotatable bonds is 13. The summed E-state index contributed by atoms with van der Waals surface area (Å²) in [5, 5.41) is 29.1. The standard InChI is InChI=1S/C30H35N3O6/c1-30(2,33-18-27(36)24-11-12-26(35)25(15-24)32-19-34)16-22-6-4-5-21(13-22)14-28(37)31-17-20-7-9-23(10-8-20)29(38)39-3/h4-13,15,19,27,33,35-36H,14,16-18H2,1-3H3,(H,31,37)(H,32,34)/t27-/m0/s1. The first kappa shape index (κ1) is 29.3. The Labute approximate surface area is 228 Å². The number of esters is 1. The third-order valence-electron chi connectivity index (χ3n) is 6.26. The second-order valence-corrected chi connectivity index (χ2v) is 9.96.